The molecule has 0 fully saturated rings. The predicted octanol–water partition coefficient (Wildman–Crippen LogP) is 2.76. The molecule has 0 saturated carbocycles. The predicted molar refractivity (Wildman–Crippen MR) is 47.1 cm³/mol. The van der Waals surface area contributed by atoms with Gasteiger partial charge in [0, 0.05) is 20.4 Å². The van der Waals surface area contributed by atoms with Crippen LogP contribution in [0.4, 0.5) is 0 Å². The molecular weight excluding hydrogens is 290 g/mol. The summed E-state index contributed by atoms with van der Waals surface area (Å²) in [5.74, 6) is 0. The topological polar surface area (TPSA) is 95.2 Å². The van der Waals surface area contributed by atoms with Crippen LogP contribution in [0.5, 0.6) is 0 Å². The molecule has 0 aromatic heterocycles. The third-order valence-corrected chi connectivity index (χ3v) is 0.250. The third kappa shape index (κ3) is 64.3. The zero-order chi connectivity index (χ0) is 6.83. The van der Waals surface area contributed by atoms with E-state index >= 15 is 0 Å². The van der Waals surface area contributed by atoms with Crippen molar-refractivity contribution in [3.63, 3.8) is 0 Å². The summed E-state index contributed by atoms with van der Waals surface area (Å²) in [6.45, 7) is 0.944. The van der Waals surface area contributed by atoms with Gasteiger partial charge in [0.2, 0.25) is 0 Å². The summed E-state index contributed by atoms with van der Waals surface area (Å²) in [6, 6.07) is 0. The first kappa shape index (κ1) is 22.4. The van der Waals surface area contributed by atoms with Gasteiger partial charge in [-0.15, -0.1) is 17.0 Å². The van der Waals surface area contributed by atoms with Crippen molar-refractivity contribution < 1.29 is 20.4 Å². The van der Waals surface area contributed by atoms with Crippen LogP contribution in [0.2, 0.25) is 0 Å². The number of halogens is 1. The number of rotatable bonds is 2. The Bertz CT molecular complexity index is 25.2. The van der Waals surface area contributed by atoms with E-state index in [0.29, 0.717) is 0 Å². The van der Waals surface area contributed by atoms with Crippen molar-refractivity contribution in [3.8, 4) is 0 Å². The van der Waals surface area contributed by atoms with Gasteiger partial charge in [0.1, 0.15) is 0 Å². The van der Waals surface area contributed by atoms with Crippen LogP contribution in [0.15, 0.2) is 0 Å². The molecule has 10 heavy (non-hydrogen) atoms. The van der Waals surface area contributed by atoms with E-state index in [9.17, 15) is 0 Å². The Labute approximate surface area is 86.5 Å². The molecule has 0 spiro atoms. The first-order valence-electron chi connectivity index (χ1n) is 2.41. The van der Waals surface area contributed by atoms with Crippen molar-refractivity contribution in [2.75, 3.05) is 26.2 Å². The van der Waals surface area contributed by atoms with Crippen molar-refractivity contribution in [2.24, 2.45) is 0 Å². The molecule has 6 heteroatoms. The van der Waals surface area contributed by atoms with Gasteiger partial charge in [-0.25, -0.2) is 0 Å². The molecule has 0 aromatic carbocycles. The van der Waals surface area contributed by atoms with Crippen LogP contribution in [0.3, 0.4) is 0 Å². The largest absolute Gasteiger partial charge is 0.679 e. The monoisotopic (exact) mass is 302 g/mol. The Morgan fingerprint density at radius 3 is 0.700 bits per heavy atom. The fourth-order valence-electron chi connectivity index (χ4n) is 0. The van der Waals surface area contributed by atoms with Crippen LogP contribution >= 0.6 is 17.0 Å². The Morgan fingerprint density at radius 1 is 0.600 bits per heavy atom. The van der Waals surface area contributed by atoms with Gasteiger partial charge < -0.3 is 22.9 Å². The quantitative estimate of drug-likeness (QED) is 0.701. The number of hydrogen-bond acceptors (Lipinski definition) is 0. The SMILES string of the molecule is Br.[NH-]CC[NH-].[NH-]CC[NH-].[Pd]. The molecule has 0 saturated heterocycles. The normalized spacial score (nSPS) is 6.00. The van der Waals surface area contributed by atoms with Gasteiger partial charge in [0.25, 0.3) is 0 Å². The summed E-state index contributed by atoms with van der Waals surface area (Å²) in [6.07, 6.45) is 0. The molecule has 0 amide bonds. The van der Waals surface area contributed by atoms with E-state index in [4.69, 9.17) is 22.9 Å². The Balaban J connectivity index is -0.0000000300. The van der Waals surface area contributed by atoms with Gasteiger partial charge in [-0.1, -0.05) is 0 Å². The maximum Gasteiger partial charge on any atom is 0 e. The van der Waals surface area contributed by atoms with E-state index in [-0.39, 0.29) is 63.6 Å². The van der Waals surface area contributed by atoms with Crippen LogP contribution in [0.1, 0.15) is 0 Å². The van der Waals surface area contributed by atoms with Crippen LogP contribution < -0.4 is 0 Å². The second-order valence-electron chi connectivity index (χ2n) is 1.000. The van der Waals surface area contributed by atoms with E-state index in [2.05, 4.69) is 0 Å². The van der Waals surface area contributed by atoms with E-state index < -0.39 is 0 Å². The van der Waals surface area contributed by atoms with E-state index in [1.807, 2.05) is 0 Å². The van der Waals surface area contributed by atoms with Gasteiger partial charge >= 0.3 is 0 Å². The second kappa shape index (κ2) is 32.4. The van der Waals surface area contributed by atoms with Gasteiger partial charge in [-0.05, 0) is 0 Å². The third-order valence-electron chi connectivity index (χ3n) is 0.250. The average Bonchev–Trinajstić information content (AvgIpc) is 1.88. The Hall–Kier alpha value is 0.982. The molecule has 0 aliphatic rings. The smallest absolute Gasteiger partial charge is 0 e. The molecular formula is C4H13BrN4Pd-4. The molecule has 0 heterocycles. The summed E-state index contributed by atoms with van der Waals surface area (Å²) in [4.78, 5) is 0. The molecule has 0 bridgehead atoms. The number of nitrogens with one attached hydrogen (secondary N) is 4. The summed E-state index contributed by atoms with van der Waals surface area (Å²) in [7, 11) is 0. The molecule has 4 N–H and O–H groups in total. The van der Waals surface area contributed by atoms with Crippen molar-refractivity contribution >= 4 is 17.0 Å². The van der Waals surface area contributed by atoms with E-state index in [1.165, 1.54) is 0 Å². The minimum absolute atomic E-state index is 0. The van der Waals surface area contributed by atoms with Crippen molar-refractivity contribution in [2.45, 2.75) is 0 Å². The van der Waals surface area contributed by atoms with Crippen LogP contribution in [0, 0.1) is 0 Å². The summed E-state index contributed by atoms with van der Waals surface area (Å²) in [5, 5.41) is 0. The molecule has 0 aliphatic carbocycles. The van der Waals surface area contributed by atoms with Gasteiger partial charge in [-0.3, -0.25) is 0 Å². The maximum absolute atomic E-state index is 6.26. The summed E-state index contributed by atoms with van der Waals surface area (Å²) >= 11 is 0. The fourth-order valence-corrected chi connectivity index (χ4v) is 0. The van der Waals surface area contributed by atoms with Crippen molar-refractivity contribution in [1.29, 1.82) is 0 Å². The van der Waals surface area contributed by atoms with Crippen molar-refractivity contribution in [1.82, 2.24) is 0 Å². The summed E-state index contributed by atoms with van der Waals surface area (Å²) in [5.41, 5.74) is 25.1. The number of hydrogen-bond donors (Lipinski definition) is 0. The zero-order valence-electron chi connectivity index (χ0n) is 5.55. The first-order valence-corrected chi connectivity index (χ1v) is 2.41. The molecule has 0 aromatic rings. The molecule has 4 nitrogen and oxygen atoms in total. The fraction of sp³-hybridized carbons (Fsp3) is 1.00. The Kier molecular flexibility index (Phi) is 72.8. The van der Waals surface area contributed by atoms with E-state index in [1.54, 1.807) is 0 Å². The standard InChI is InChI=1S/2C2H6N2.BrH.Pd/c2*3-1-2-4;;/h2*3-4H,1-2H2;1H;/q2*-2;;. The minimum Gasteiger partial charge on any atom is -0.679 e. The van der Waals surface area contributed by atoms with Crippen molar-refractivity contribution in [3.05, 3.63) is 22.9 Å². The first-order chi connectivity index (χ1) is 3.83. The van der Waals surface area contributed by atoms with Gasteiger partial charge in [-0.2, -0.15) is 26.2 Å². The van der Waals surface area contributed by atoms with Gasteiger partial charge in [0.05, 0.1) is 0 Å². The molecule has 0 aliphatic heterocycles. The maximum atomic E-state index is 6.26. The van der Waals surface area contributed by atoms with Crippen LogP contribution in [-0.2, 0) is 20.4 Å². The summed E-state index contributed by atoms with van der Waals surface area (Å²) < 4.78 is 0. The van der Waals surface area contributed by atoms with Gasteiger partial charge in [0.15, 0.2) is 0 Å². The second-order valence-corrected chi connectivity index (χ2v) is 1.000. The Morgan fingerprint density at radius 2 is 0.700 bits per heavy atom. The molecule has 0 atom stereocenters. The van der Waals surface area contributed by atoms with Crippen LogP contribution in [-0.4, -0.2) is 26.2 Å². The average molecular weight is 304 g/mol. The molecule has 0 rings (SSSR count). The zero-order valence-corrected chi connectivity index (χ0v) is 8.82. The molecule has 0 unspecified atom stereocenters. The van der Waals surface area contributed by atoms with E-state index in [0.717, 1.165) is 0 Å². The minimum atomic E-state index is 0. The van der Waals surface area contributed by atoms with Crippen LogP contribution in [0.25, 0.3) is 22.9 Å². The molecule has 70 valence electrons. The molecule has 0 radical (unpaired) electrons.